The molecule has 24 heavy (non-hydrogen) atoms. The van der Waals surface area contributed by atoms with E-state index in [0.29, 0.717) is 18.5 Å². The largest absolute Gasteiger partial charge is 0.355 e. The predicted octanol–water partition coefficient (Wildman–Crippen LogP) is 2.51. The van der Waals surface area contributed by atoms with Gasteiger partial charge in [-0.1, -0.05) is 6.07 Å². The minimum absolute atomic E-state index is 0.185. The quantitative estimate of drug-likeness (QED) is 0.803. The van der Waals surface area contributed by atoms with Crippen LogP contribution in [0, 0.1) is 5.92 Å². The molecule has 2 aliphatic heterocycles. The van der Waals surface area contributed by atoms with E-state index >= 15 is 0 Å². The van der Waals surface area contributed by atoms with Gasteiger partial charge in [-0.3, -0.25) is 14.6 Å². The molecule has 0 bridgehead atoms. The van der Waals surface area contributed by atoms with Crippen LogP contribution in [0.4, 0.5) is 0 Å². The van der Waals surface area contributed by atoms with Crippen LogP contribution >= 0.6 is 23.1 Å². The molecule has 1 amide bonds. The number of hydrogen-bond donors (Lipinski definition) is 1. The number of carbonyl (C=O) groups is 1. The summed E-state index contributed by atoms with van der Waals surface area (Å²) < 4.78 is 0. The van der Waals surface area contributed by atoms with E-state index in [2.05, 4.69) is 39.7 Å². The van der Waals surface area contributed by atoms with E-state index in [-0.39, 0.29) is 5.91 Å². The van der Waals surface area contributed by atoms with Crippen molar-refractivity contribution in [3.63, 3.8) is 0 Å². The van der Waals surface area contributed by atoms with Gasteiger partial charge >= 0.3 is 0 Å². The fourth-order valence-electron chi connectivity index (χ4n) is 3.62. The van der Waals surface area contributed by atoms with Crippen LogP contribution in [-0.2, 0) is 11.3 Å². The molecule has 0 aromatic carbocycles. The number of thioether (sulfide) groups is 1. The Morgan fingerprint density at radius 2 is 2.38 bits per heavy atom. The molecule has 1 aromatic heterocycles. The highest BCUT2D eigenvalue weighted by Gasteiger charge is 2.23. The molecular formula is C18H29N3OS2. The molecule has 0 saturated carbocycles. The van der Waals surface area contributed by atoms with Crippen LogP contribution in [-0.4, -0.2) is 66.5 Å². The zero-order valence-electron chi connectivity index (χ0n) is 14.6. The third-order valence-corrected chi connectivity index (χ3v) is 7.08. The van der Waals surface area contributed by atoms with Crippen molar-refractivity contribution in [2.24, 2.45) is 5.92 Å². The molecule has 6 heteroatoms. The van der Waals surface area contributed by atoms with Gasteiger partial charge in [-0.05, 0) is 56.0 Å². The summed E-state index contributed by atoms with van der Waals surface area (Å²) in [5, 5.41) is 5.32. The second-order valence-electron chi connectivity index (χ2n) is 7.06. The van der Waals surface area contributed by atoms with Crippen LogP contribution in [0.2, 0.25) is 0 Å². The van der Waals surface area contributed by atoms with Crippen molar-refractivity contribution in [1.82, 2.24) is 15.1 Å². The number of nitrogens with zero attached hydrogens (tertiary/aromatic N) is 2. The Balaban J connectivity index is 1.36. The summed E-state index contributed by atoms with van der Waals surface area (Å²) in [6.07, 6.45) is 3.69. The molecule has 3 rings (SSSR count). The first kappa shape index (κ1) is 18.2. The molecule has 2 aliphatic rings. The van der Waals surface area contributed by atoms with E-state index in [1.807, 2.05) is 23.1 Å². The first-order valence-corrected chi connectivity index (χ1v) is 11.0. The van der Waals surface area contributed by atoms with Crippen LogP contribution < -0.4 is 5.32 Å². The number of likely N-dealkylation sites (tertiary alicyclic amines) is 1. The Morgan fingerprint density at radius 3 is 3.12 bits per heavy atom. The van der Waals surface area contributed by atoms with E-state index in [1.165, 1.54) is 42.2 Å². The summed E-state index contributed by atoms with van der Waals surface area (Å²) in [4.78, 5) is 18.4. The molecule has 0 radical (unpaired) electrons. The summed E-state index contributed by atoms with van der Waals surface area (Å²) >= 11 is 3.83. The topological polar surface area (TPSA) is 35.6 Å². The predicted molar refractivity (Wildman–Crippen MR) is 104 cm³/mol. The maximum atomic E-state index is 12.2. The minimum atomic E-state index is 0.185. The summed E-state index contributed by atoms with van der Waals surface area (Å²) in [6.45, 7) is 4.71. The second-order valence-corrected chi connectivity index (χ2v) is 9.24. The number of amides is 1. The van der Waals surface area contributed by atoms with Crippen molar-refractivity contribution in [2.45, 2.75) is 31.8 Å². The normalized spacial score (nSPS) is 25.2. The Bertz CT molecular complexity index is 502. The second kappa shape index (κ2) is 9.22. The molecule has 2 fully saturated rings. The number of nitrogens with one attached hydrogen (secondary N) is 1. The number of rotatable bonds is 7. The smallest absolute Gasteiger partial charge is 0.234 e. The average Bonchev–Trinajstić information content (AvgIpc) is 3.27. The SMILES string of the molecule is CN(CC(=O)NC[C@@H]1CCCN(Cc2cccs2)C1)[C@H]1CCSC1. The van der Waals surface area contributed by atoms with E-state index in [1.54, 1.807) is 0 Å². The lowest BCUT2D eigenvalue weighted by molar-refractivity contribution is -0.122. The van der Waals surface area contributed by atoms with Gasteiger partial charge in [0.25, 0.3) is 0 Å². The lowest BCUT2D eigenvalue weighted by Gasteiger charge is -2.32. The molecule has 4 nitrogen and oxygen atoms in total. The fourth-order valence-corrected chi connectivity index (χ4v) is 5.67. The lowest BCUT2D eigenvalue weighted by atomic mass is 9.98. The van der Waals surface area contributed by atoms with E-state index in [4.69, 9.17) is 0 Å². The Kier molecular flexibility index (Phi) is 7.01. The molecule has 0 aliphatic carbocycles. The molecule has 3 heterocycles. The number of carbonyl (C=O) groups excluding carboxylic acids is 1. The Morgan fingerprint density at radius 1 is 1.46 bits per heavy atom. The molecular weight excluding hydrogens is 338 g/mol. The van der Waals surface area contributed by atoms with Crippen molar-refractivity contribution in [1.29, 1.82) is 0 Å². The van der Waals surface area contributed by atoms with E-state index in [0.717, 1.165) is 19.6 Å². The monoisotopic (exact) mass is 367 g/mol. The molecule has 134 valence electrons. The third kappa shape index (κ3) is 5.48. The van der Waals surface area contributed by atoms with E-state index < -0.39 is 0 Å². The number of hydrogen-bond acceptors (Lipinski definition) is 5. The van der Waals surface area contributed by atoms with Crippen molar-refractivity contribution in [3.05, 3.63) is 22.4 Å². The maximum Gasteiger partial charge on any atom is 0.234 e. The average molecular weight is 368 g/mol. The number of likely N-dealkylation sites (N-methyl/N-ethyl adjacent to an activating group) is 1. The molecule has 0 unspecified atom stereocenters. The van der Waals surface area contributed by atoms with Crippen LogP contribution in [0.15, 0.2) is 17.5 Å². The highest BCUT2D eigenvalue weighted by Crippen LogP contribution is 2.21. The standard InChI is InChI=1S/C18H29N3OS2/c1-20(16-6-9-23-14-16)13-18(22)19-10-15-4-2-7-21(11-15)12-17-5-3-8-24-17/h3,5,8,15-16H,2,4,6-7,9-14H2,1H3,(H,19,22)/t15-,16-/m0/s1. The molecule has 2 atom stereocenters. The maximum absolute atomic E-state index is 12.2. The zero-order valence-corrected chi connectivity index (χ0v) is 16.2. The number of thiophene rings is 1. The van der Waals surface area contributed by atoms with Crippen molar-refractivity contribution in [3.8, 4) is 0 Å². The van der Waals surface area contributed by atoms with Gasteiger partial charge in [-0.2, -0.15) is 11.8 Å². The van der Waals surface area contributed by atoms with Gasteiger partial charge in [0.1, 0.15) is 0 Å². The lowest BCUT2D eigenvalue weighted by Crippen LogP contribution is -2.44. The fraction of sp³-hybridized carbons (Fsp3) is 0.722. The highest BCUT2D eigenvalue weighted by molar-refractivity contribution is 7.99. The minimum Gasteiger partial charge on any atom is -0.355 e. The van der Waals surface area contributed by atoms with Crippen molar-refractivity contribution in [2.75, 3.05) is 44.7 Å². The van der Waals surface area contributed by atoms with Gasteiger partial charge in [0.2, 0.25) is 5.91 Å². The van der Waals surface area contributed by atoms with Gasteiger partial charge < -0.3 is 5.32 Å². The van der Waals surface area contributed by atoms with Crippen LogP contribution in [0.1, 0.15) is 24.1 Å². The van der Waals surface area contributed by atoms with Gasteiger partial charge in [-0.15, -0.1) is 11.3 Å². The third-order valence-electron chi connectivity index (χ3n) is 5.07. The van der Waals surface area contributed by atoms with Crippen LogP contribution in [0.25, 0.3) is 0 Å². The Hall–Kier alpha value is -0.560. The first-order valence-electron chi connectivity index (χ1n) is 9.00. The molecule has 1 N–H and O–H groups in total. The van der Waals surface area contributed by atoms with Gasteiger partial charge in [-0.25, -0.2) is 0 Å². The van der Waals surface area contributed by atoms with Crippen molar-refractivity contribution >= 4 is 29.0 Å². The van der Waals surface area contributed by atoms with Crippen LogP contribution in [0.3, 0.4) is 0 Å². The molecule has 1 aromatic rings. The highest BCUT2D eigenvalue weighted by atomic mass is 32.2. The van der Waals surface area contributed by atoms with Gasteiger partial charge in [0, 0.05) is 36.3 Å². The Labute approximate surface area is 154 Å². The molecule has 2 saturated heterocycles. The van der Waals surface area contributed by atoms with Crippen LogP contribution in [0.5, 0.6) is 0 Å². The zero-order chi connectivity index (χ0) is 16.8. The van der Waals surface area contributed by atoms with Crippen molar-refractivity contribution < 1.29 is 4.79 Å². The summed E-state index contributed by atoms with van der Waals surface area (Å²) in [7, 11) is 2.08. The molecule has 0 spiro atoms. The number of piperidine rings is 1. The van der Waals surface area contributed by atoms with E-state index in [9.17, 15) is 4.79 Å². The first-order chi connectivity index (χ1) is 11.7. The summed E-state index contributed by atoms with van der Waals surface area (Å²) in [6, 6.07) is 4.92. The summed E-state index contributed by atoms with van der Waals surface area (Å²) in [5.74, 6) is 3.18. The van der Waals surface area contributed by atoms with Gasteiger partial charge in [0.15, 0.2) is 0 Å². The van der Waals surface area contributed by atoms with Gasteiger partial charge in [0.05, 0.1) is 6.54 Å². The summed E-state index contributed by atoms with van der Waals surface area (Å²) in [5.41, 5.74) is 0.